The Morgan fingerprint density at radius 1 is 1.26 bits per heavy atom. The molecule has 5 nitrogen and oxygen atoms in total. The number of carbonyl (C=O) groups excluding carboxylic acids is 1. The van der Waals surface area contributed by atoms with E-state index in [1.807, 2.05) is 19.2 Å². The molecule has 1 amide bonds. The summed E-state index contributed by atoms with van der Waals surface area (Å²) in [5, 5.41) is 12.2. The van der Waals surface area contributed by atoms with Crippen LogP contribution in [0.5, 0.6) is 0 Å². The maximum atomic E-state index is 12.3. The zero-order valence-electron chi connectivity index (χ0n) is 11.3. The highest BCUT2D eigenvalue weighted by Crippen LogP contribution is 2.26. The van der Waals surface area contributed by atoms with E-state index >= 15 is 0 Å². The molecule has 0 bridgehead atoms. The van der Waals surface area contributed by atoms with Crippen LogP contribution in [0.2, 0.25) is 0 Å². The number of likely N-dealkylation sites (tertiary alicyclic amines) is 1. The minimum Gasteiger partial charge on any atom is -0.481 e. The molecule has 1 unspecified atom stereocenters. The van der Waals surface area contributed by atoms with Gasteiger partial charge in [-0.1, -0.05) is 12.2 Å². The van der Waals surface area contributed by atoms with Crippen LogP contribution in [0.4, 0.5) is 0 Å². The summed E-state index contributed by atoms with van der Waals surface area (Å²) in [5.74, 6) is -1.97. The van der Waals surface area contributed by atoms with Crippen molar-refractivity contribution in [1.82, 2.24) is 10.2 Å². The van der Waals surface area contributed by atoms with Gasteiger partial charge in [-0.15, -0.1) is 0 Å². The number of likely N-dealkylation sites (N-methyl/N-ethyl adjacent to an activating group) is 1. The molecule has 5 heteroatoms. The first-order valence-electron chi connectivity index (χ1n) is 6.94. The lowest BCUT2D eigenvalue weighted by atomic mass is 9.82. The Bertz CT molecular complexity index is 381. The number of piperidine rings is 1. The van der Waals surface area contributed by atoms with E-state index in [9.17, 15) is 14.7 Å². The van der Waals surface area contributed by atoms with Gasteiger partial charge < -0.3 is 15.3 Å². The summed E-state index contributed by atoms with van der Waals surface area (Å²) in [6, 6.07) is 0.159. The van der Waals surface area contributed by atoms with Crippen molar-refractivity contribution in [2.24, 2.45) is 11.8 Å². The summed E-state index contributed by atoms with van der Waals surface area (Å²) in [7, 11) is 2.04. The number of rotatable bonds is 3. The number of carboxylic acids is 1. The highest BCUT2D eigenvalue weighted by atomic mass is 16.4. The van der Waals surface area contributed by atoms with Crippen LogP contribution in [-0.4, -0.2) is 48.1 Å². The SMILES string of the molecule is CN1CCCC(NC(=O)[C@@H]2CC=CC[C@@H]2C(=O)O)C1. The van der Waals surface area contributed by atoms with E-state index < -0.39 is 17.8 Å². The number of carbonyl (C=O) groups is 2. The Balaban J connectivity index is 1.94. The lowest BCUT2D eigenvalue weighted by molar-refractivity contribution is -0.147. The molecule has 0 aromatic heterocycles. The highest BCUT2D eigenvalue weighted by Gasteiger charge is 2.35. The van der Waals surface area contributed by atoms with E-state index in [4.69, 9.17) is 0 Å². The fourth-order valence-electron chi connectivity index (χ4n) is 2.97. The minimum atomic E-state index is -0.870. The fraction of sp³-hybridized carbons (Fsp3) is 0.714. The first-order chi connectivity index (χ1) is 9.08. The third-order valence-electron chi connectivity index (χ3n) is 4.06. The number of carboxylic acid groups (broad SMARTS) is 1. The standard InChI is InChI=1S/C14H22N2O3/c1-16-8-4-5-10(9-16)15-13(17)11-6-2-3-7-12(11)14(18)19/h2-3,10-12H,4-9H2,1H3,(H,15,17)(H,18,19)/t10?,11-,12+/m1/s1. The van der Waals surface area contributed by atoms with Gasteiger partial charge in [0.25, 0.3) is 0 Å². The van der Waals surface area contributed by atoms with Gasteiger partial charge in [0, 0.05) is 12.6 Å². The first-order valence-corrected chi connectivity index (χ1v) is 6.94. The van der Waals surface area contributed by atoms with Crippen LogP contribution in [0.3, 0.4) is 0 Å². The molecule has 0 aromatic rings. The molecule has 106 valence electrons. The van der Waals surface area contributed by atoms with Crippen molar-refractivity contribution in [3.8, 4) is 0 Å². The van der Waals surface area contributed by atoms with Crippen molar-refractivity contribution >= 4 is 11.9 Å². The number of hydrogen-bond acceptors (Lipinski definition) is 3. The number of allylic oxidation sites excluding steroid dienone is 2. The molecule has 3 atom stereocenters. The zero-order chi connectivity index (χ0) is 13.8. The number of aliphatic carboxylic acids is 1. The summed E-state index contributed by atoms with van der Waals surface area (Å²) >= 11 is 0. The third kappa shape index (κ3) is 3.56. The lowest BCUT2D eigenvalue weighted by Gasteiger charge is -2.32. The smallest absolute Gasteiger partial charge is 0.307 e. The van der Waals surface area contributed by atoms with Gasteiger partial charge in [-0.05, 0) is 39.3 Å². The zero-order valence-corrected chi connectivity index (χ0v) is 11.3. The summed E-state index contributed by atoms with van der Waals surface area (Å²) in [5.41, 5.74) is 0. The molecule has 1 fully saturated rings. The maximum Gasteiger partial charge on any atom is 0.307 e. The first kappa shape index (κ1) is 14.1. The Kier molecular flexibility index (Phi) is 4.58. The van der Waals surface area contributed by atoms with E-state index in [0.717, 1.165) is 25.9 Å². The van der Waals surface area contributed by atoms with E-state index in [1.165, 1.54) is 0 Å². The van der Waals surface area contributed by atoms with Crippen molar-refractivity contribution in [2.75, 3.05) is 20.1 Å². The predicted octanol–water partition coefficient (Wildman–Crippen LogP) is 0.864. The average molecular weight is 266 g/mol. The van der Waals surface area contributed by atoms with Gasteiger partial charge in [-0.25, -0.2) is 0 Å². The van der Waals surface area contributed by atoms with Crippen molar-refractivity contribution in [1.29, 1.82) is 0 Å². The van der Waals surface area contributed by atoms with Crippen molar-refractivity contribution in [3.05, 3.63) is 12.2 Å². The molecule has 2 rings (SSSR count). The normalized spacial score (nSPS) is 31.9. The fourth-order valence-corrected chi connectivity index (χ4v) is 2.97. The van der Waals surface area contributed by atoms with Crippen LogP contribution in [-0.2, 0) is 9.59 Å². The van der Waals surface area contributed by atoms with E-state index in [-0.39, 0.29) is 11.9 Å². The number of amides is 1. The molecule has 0 saturated carbocycles. The van der Waals surface area contributed by atoms with Gasteiger partial charge in [0.15, 0.2) is 0 Å². The largest absolute Gasteiger partial charge is 0.481 e. The Hall–Kier alpha value is -1.36. The van der Waals surface area contributed by atoms with E-state index in [1.54, 1.807) is 0 Å². The van der Waals surface area contributed by atoms with Crippen LogP contribution < -0.4 is 5.32 Å². The molecule has 19 heavy (non-hydrogen) atoms. The molecule has 1 heterocycles. The lowest BCUT2D eigenvalue weighted by Crippen LogP contribution is -2.49. The molecule has 0 spiro atoms. The third-order valence-corrected chi connectivity index (χ3v) is 4.06. The Morgan fingerprint density at radius 2 is 1.95 bits per heavy atom. The Morgan fingerprint density at radius 3 is 2.58 bits per heavy atom. The number of nitrogens with one attached hydrogen (secondary N) is 1. The summed E-state index contributed by atoms with van der Waals surface area (Å²) in [4.78, 5) is 25.7. The molecule has 2 N–H and O–H groups in total. The number of nitrogens with zero attached hydrogens (tertiary/aromatic N) is 1. The molecule has 0 radical (unpaired) electrons. The molecule has 1 aliphatic heterocycles. The summed E-state index contributed by atoms with van der Waals surface area (Å²) < 4.78 is 0. The molecule has 1 saturated heterocycles. The van der Waals surface area contributed by atoms with Crippen LogP contribution in [0, 0.1) is 11.8 Å². The minimum absolute atomic E-state index is 0.1000. The van der Waals surface area contributed by atoms with Gasteiger partial charge in [-0.2, -0.15) is 0 Å². The molecule has 1 aliphatic carbocycles. The Labute approximate surface area is 113 Å². The second-order valence-corrected chi connectivity index (χ2v) is 5.60. The quantitative estimate of drug-likeness (QED) is 0.744. The van der Waals surface area contributed by atoms with Gasteiger partial charge in [0.05, 0.1) is 11.8 Å². The van der Waals surface area contributed by atoms with Crippen LogP contribution >= 0.6 is 0 Å². The average Bonchev–Trinajstić information content (AvgIpc) is 2.38. The van der Waals surface area contributed by atoms with Crippen LogP contribution in [0.25, 0.3) is 0 Å². The number of hydrogen-bond donors (Lipinski definition) is 2. The van der Waals surface area contributed by atoms with Gasteiger partial charge >= 0.3 is 5.97 Å². The van der Waals surface area contributed by atoms with Crippen molar-refractivity contribution in [2.45, 2.75) is 31.7 Å². The maximum absolute atomic E-state index is 12.3. The molecule has 2 aliphatic rings. The predicted molar refractivity (Wildman–Crippen MR) is 71.7 cm³/mol. The van der Waals surface area contributed by atoms with Gasteiger partial charge in [0.1, 0.15) is 0 Å². The summed E-state index contributed by atoms with van der Waals surface area (Å²) in [6.45, 7) is 1.92. The van der Waals surface area contributed by atoms with E-state index in [0.29, 0.717) is 12.8 Å². The molecular formula is C14H22N2O3. The van der Waals surface area contributed by atoms with Crippen molar-refractivity contribution < 1.29 is 14.7 Å². The molecule has 0 aromatic carbocycles. The molecular weight excluding hydrogens is 244 g/mol. The van der Waals surface area contributed by atoms with Crippen molar-refractivity contribution in [3.63, 3.8) is 0 Å². The highest BCUT2D eigenvalue weighted by molar-refractivity contribution is 5.85. The summed E-state index contributed by atoms with van der Waals surface area (Å²) in [6.07, 6.45) is 6.82. The van der Waals surface area contributed by atoms with Gasteiger partial charge in [-0.3, -0.25) is 9.59 Å². The van der Waals surface area contributed by atoms with Gasteiger partial charge in [0.2, 0.25) is 5.91 Å². The topological polar surface area (TPSA) is 69.6 Å². The van der Waals surface area contributed by atoms with E-state index in [2.05, 4.69) is 10.2 Å². The van der Waals surface area contributed by atoms with Crippen LogP contribution in [0.15, 0.2) is 12.2 Å². The van der Waals surface area contributed by atoms with Crippen LogP contribution in [0.1, 0.15) is 25.7 Å². The second-order valence-electron chi connectivity index (χ2n) is 5.60. The second kappa shape index (κ2) is 6.19. The monoisotopic (exact) mass is 266 g/mol.